The second kappa shape index (κ2) is 10.3. The van der Waals surface area contributed by atoms with Crippen LogP contribution < -0.4 is 20.4 Å². The third kappa shape index (κ3) is 4.92. The van der Waals surface area contributed by atoms with Gasteiger partial charge in [-0.1, -0.05) is 29.3 Å². The Labute approximate surface area is 224 Å². The quantitative estimate of drug-likeness (QED) is 0.382. The van der Waals surface area contributed by atoms with Gasteiger partial charge in [0.1, 0.15) is 10.7 Å². The predicted molar refractivity (Wildman–Crippen MR) is 147 cm³/mol. The normalized spacial score (nSPS) is 15.5. The van der Waals surface area contributed by atoms with Crippen molar-refractivity contribution in [2.45, 2.75) is 19.8 Å². The van der Waals surface area contributed by atoms with Crippen molar-refractivity contribution in [2.75, 3.05) is 33.5 Å². The van der Waals surface area contributed by atoms with Crippen LogP contribution in [0.1, 0.15) is 28.8 Å². The van der Waals surface area contributed by atoms with E-state index in [1.54, 1.807) is 49.4 Å². The molecule has 2 heterocycles. The molecule has 9 heteroatoms. The molecule has 0 spiro atoms. The molecule has 7 nitrogen and oxygen atoms in total. The van der Waals surface area contributed by atoms with Gasteiger partial charge in [0.25, 0.3) is 17.7 Å². The molecule has 3 amide bonds. The van der Waals surface area contributed by atoms with Crippen molar-refractivity contribution in [2.24, 2.45) is 0 Å². The number of amides is 3. The van der Waals surface area contributed by atoms with Gasteiger partial charge in [-0.25, -0.2) is 4.90 Å². The van der Waals surface area contributed by atoms with Gasteiger partial charge in [-0.05, 0) is 86.0 Å². The molecule has 0 aliphatic carbocycles. The van der Waals surface area contributed by atoms with Crippen LogP contribution >= 0.6 is 23.2 Å². The lowest BCUT2D eigenvalue weighted by Gasteiger charge is -2.18. The van der Waals surface area contributed by atoms with Crippen molar-refractivity contribution >= 4 is 63.7 Å². The summed E-state index contributed by atoms with van der Waals surface area (Å²) in [6.07, 6.45) is 2.41. The third-order valence-corrected chi connectivity index (χ3v) is 7.28. The van der Waals surface area contributed by atoms with Gasteiger partial charge in [-0.15, -0.1) is 0 Å². The molecule has 5 rings (SSSR count). The van der Waals surface area contributed by atoms with E-state index in [4.69, 9.17) is 23.2 Å². The van der Waals surface area contributed by atoms with Crippen molar-refractivity contribution in [1.29, 1.82) is 0 Å². The second-order valence-electron chi connectivity index (χ2n) is 8.92. The van der Waals surface area contributed by atoms with E-state index < -0.39 is 11.8 Å². The van der Waals surface area contributed by atoms with Gasteiger partial charge in [0.15, 0.2) is 0 Å². The van der Waals surface area contributed by atoms with Gasteiger partial charge >= 0.3 is 0 Å². The summed E-state index contributed by atoms with van der Waals surface area (Å²) in [5, 5.41) is 6.04. The van der Waals surface area contributed by atoms with E-state index in [1.807, 2.05) is 24.3 Å². The fourth-order valence-corrected chi connectivity index (χ4v) is 4.83. The number of rotatable bonds is 6. The molecule has 2 aliphatic heterocycles. The lowest BCUT2D eigenvalue weighted by Crippen LogP contribution is -2.32. The molecule has 37 heavy (non-hydrogen) atoms. The predicted octanol–water partition coefficient (Wildman–Crippen LogP) is 5.94. The molecule has 0 aromatic heterocycles. The molecule has 0 saturated carbocycles. The van der Waals surface area contributed by atoms with Crippen LogP contribution in [0.5, 0.6) is 0 Å². The molecule has 2 N–H and O–H groups in total. The Bertz CT molecular complexity index is 1410. The van der Waals surface area contributed by atoms with Crippen LogP contribution in [0.4, 0.5) is 22.7 Å². The largest absolute Gasteiger partial charge is 0.372 e. The van der Waals surface area contributed by atoms with Gasteiger partial charge in [0.05, 0.1) is 5.69 Å². The number of nitrogens with one attached hydrogen (secondary N) is 2. The minimum Gasteiger partial charge on any atom is -0.372 e. The van der Waals surface area contributed by atoms with Gasteiger partial charge in [-0.3, -0.25) is 14.4 Å². The summed E-state index contributed by atoms with van der Waals surface area (Å²) in [4.78, 5) is 41.9. The number of hydrogen-bond acceptors (Lipinski definition) is 5. The van der Waals surface area contributed by atoms with Crippen LogP contribution in [-0.2, 0) is 9.59 Å². The van der Waals surface area contributed by atoms with E-state index >= 15 is 0 Å². The fourth-order valence-electron chi connectivity index (χ4n) is 4.45. The Morgan fingerprint density at radius 1 is 0.838 bits per heavy atom. The summed E-state index contributed by atoms with van der Waals surface area (Å²) in [5.74, 6) is -1.47. The molecular weight excluding hydrogens is 511 g/mol. The highest BCUT2D eigenvalue weighted by Gasteiger charge is 2.39. The van der Waals surface area contributed by atoms with E-state index in [2.05, 4.69) is 15.5 Å². The average Bonchev–Trinajstić information content (AvgIpc) is 3.51. The van der Waals surface area contributed by atoms with Gasteiger partial charge in [0.2, 0.25) is 0 Å². The summed E-state index contributed by atoms with van der Waals surface area (Å²) >= 11 is 12.4. The summed E-state index contributed by atoms with van der Waals surface area (Å²) in [5.41, 5.74) is 3.74. The zero-order valence-corrected chi connectivity index (χ0v) is 21.6. The Balaban J connectivity index is 1.25. The smallest absolute Gasteiger partial charge is 0.283 e. The van der Waals surface area contributed by atoms with Crippen LogP contribution in [0.25, 0.3) is 0 Å². The standard InChI is InChI=1S/C28H24Cl2N4O3/c1-17-22(29)5-4-6-23(17)34-27(36)24(30)25(28(34)37)31-19-9-7-18(8-10-19)26(35)32-20-11-13-21(14-12-20)33-15-2-3-16-33/h4-14,31H,2-3,15-16H2,1H3,(H,32,35). The van der Waals surface area contributed by atoms with E-state index in [9.17, 15) is 14.4 Å². The number of hydrogen-bond donors (Lipinski definition) is 2. The Morgan fingerprint density at radius 3 is 2.16 bits per heavy atom. The van der Waals surface area contributed by atoms with Crippen molar-refractivity contribution in [3.05, 3.63) is 93.6 Å². The highest BCUT2D eigenvalue weighted by molar-refractivity contribution is 6.53. The van der Waals surface area contributed by atoms with Crippen LogP contribution in [-0.4, -0.2) is 30.8 Å². The molecule has 0 atom stereocenters. The summed E-state index contributed by atoms with van der Waals surface area (Å²) < 4.78 is 0. The lowest BCUT2D eigenvalue weighted by atomic mass is 10.1. The molecule has 0 bridgehead atoms. The lowest BCUT2D eigenvalue weighted by molar-refractivity contribution is -0.120. The zero-order chi connectivity index (χ0) is 26.1. The first-order valence-electron chi connectivity index (χ1n) is 11.9. The minimum atomic E-state index is -0.633. The fraction of sp³-hybridized carbons (Fsp3) is 0.179. The van der Waals surface area contributed by atoms with Crippen LogP contribution in [0, 0.1) is 6.92 Å². The second-order valence-corrected chi connectivity index (χ2v) is 9.70. The molecule has 3 aromatic carbocycles. The molecular formula is C28H24Cl2N4O3. The molecule has 3 aromatic rings. The number of anilines is 4. The summed E-state index contributed by atoms with van der Waals surface area (Å²) in [7, 11) is 0. The maximum absolute atomic E-state index is 13.1. The maximum atomic E-state index is 13.1. The van der Waals surface area contributed by atoms with E-state index in [0.29, 0.717) is 33.2 Å². The molecule has 188 valence electrons. The maximum Gasteiger partial charge on any atom is 0.283 e. The summed E-state index contributed by atoms with van der Waals surface area (Å²) in [6, 6.07) is 19.3. The van der Waals surface area contributed by atoms with Crippen LogP contribution in [0.2, 0.25) is 5.02 Å². The number of carbonyl (C=O) groups is 3. The minimum absolute atomic E-state index is 0.0404. The number of benzene rings is 3. The van der Waals surface area contributed by atoms with E-state index in [0.717, 1.165) is 23.7 Å². The van der Waals surface area contributed by atoms with Gasteiger partial charge in [-0.2, -0.15) is 0 Å². The Kier molecular flexibility index (Phi) is 6.91. The Morgan fingerprint density at radius 2 is 1.49 bits per heavy atom. The highest BCUT2D eigenvalue weighted by atomic mass is 35.5. The number of carbonyl (C=O) groups excluding carboxylic acids is 3. The molecule has 2 aliphatic rings. The van der Waals surface area contributed by atoms with Crippen molar-refractivity contribution in [1.82, 2.24) is 0 Å². The first-order valence-corrected chi connectivity index (χ1v) is 12.7. The van der Waals surface area contributed by atoms with Gasteiger partial charge < -0.3 is 15.5 Å². The highest BCUT2D eigenvalue weighted by Crippen LogP contribution is 2.34. The number of nitrogens with zero attached hydrogens (tertiary/aromatic N) is 2. The van der Waals surface area contributed by atoms with Crippen LogP contribution in [0.15, 0.2) is 77.5 Å². The topological polar surface area (TPSA) is 81.8 Å². The van der Waals surface area contributed by atoms with Gasteiger partial charge in [0, 0.05) is 40.7 Å². The average molecular weight is 535 g/mol. The van der Waals surface area contributed by atoms with E-state index in [-0.39, 0.29) is 16.6 Å². The number of imide groups is 1. The van der Waals surface area contributed by atoms with Crippen molar-refractivity contribution < 1.29 is 14.4 Å². The SMILES string of the molecule is Cc1c(Cl)cccc1N1C(=O)C(Cl)=C(Nc2ccc(C(=O)Nc3ccc(N4CCCC4)cc3)cc2)C1=O. The molecule has 0 unspecified atom stereocenters. The molecule has 1 fully saturated rings. The number of halogens is 2. The van der Waals surface area contributed by atoms with Crippen LogP contribution in [0.3, 0.4) is 0 Å². The zero-order valence-electron chi connectivity index (χ0n) is 20.1. The first kappa shape index (κ1) is 24.9. The Hall–Kier alpha value is -3.81. The van der Waals surface area contributed by atoms with Crippen molar-refractivity contribution in [3.63, 3.8) is 0 Å². The monoisotopic (exact) mass is 534 g/mol. The first-order chi connectivity index (χ1) is 17.8. The molecule has 1 saturated heterocycles. The summed E-state index contributed by atoms with van der Waals surface area (Å²) in [6.45, 7) is 3.85. The molecule has 0 radical (unpaired) electrons. The van der Waals surface area contributed by atoms with E-state index in [1.165, 1.54) is 12.8 Å². The van der Waals surface area contributed by atoms with Crippen molar-refractivity contribution in [3.8, 4) is 0 Å². The third-order valence-electron chi connectivity index (χ3n) is 6.52.